The van der Waals surface area contributed by atoms with Gasteiger partial charge in [0.2, 0.25) is 0 Å². The molecule has 0 radical (unpaired) electrons. The molecule has 0 aromatic heterocycles. The second-order valence-corrected chi connectivity index (χ2v) is 7.39. The van der Waals surface area contributed by atoms with Crippen molar-refractivity contribution in [2.75, 3.05) is 0 Å². The number of hydrogen-bond donors (Lipinski definition) is 0. The number of fused-ring (bicyclic) bond motifs is 2. The maximum atomic E-state index is 11.5. The second kappa shape index (κ2) is 8.47. The van der Waals surface area contributed by atoms with E-state index in [1.54, 1.807) is 30.3 Å². The molecule has 3 aromatic carbocycles. The van der Waals surface area contributed by atoms with E-state index >= 15 is 0 Å². The van der Waals surface area contributed by atoms with Crippen LogP contribution in [0, 0.1) is 99.7 Å². The fraction of sp³-hybridized carbons (Fsp3) is 0. The first-order chi connectivity index (χ1) is 10.2. The van der Waals surface area contributed by atoms with Gasteiger partial charge in [-0.3, -0.25) is 0 Å². The van der Waals surface area contributed by atoms with Gasteiger partial charge in [-0.1, -0.05) is 30.3 Å². The Morgan fingerprint density at radius 1 is 0.667 bits per heavy atom. The Labute approximate surface area is 221 Å². The van der Waals surface area contributed by atoms with Crippen LogP contribution >= 0.6 is 0 Å². The molecule has 6 nitrogen and oxygen atoms in total. The molecule has 0 fully saturated rings. The summed E-state index contributed by atoms with van der Waals surface area (Å²) in [6, 6.07) is 12.2. The van der Waals surface area contributed by atoms with Crippen LogP contribution in [-0.2, 0) is 20.2 Å². The fourth-order valence-electron chi connectivity index (χ4n) is 2.42. The quantitative estimate of drug-likeness (QED) is 0.290. The van der Waals surface area contributed by atoms with Crippen LogP contribution in [-0.4, -0.2) is 25.9 Å². The van der Waals surface area contributed by atoms with E-state index in [1.807, 2.05) is 0 Å². The topological polar surface area (TPSA) is 114 Å². The van der Waals surface area contributed by atoms with Crippen molar-refractivity contribution in [1.82, 2.24) is 0 Å². The average molecular weight is 782 g/mol. The molecule has 0 saturated heterocycles. The maximum absolute atomic E-state index is 11.5. The van der Waals surface area contributed by atoms with Crippen molar-refractivity contribution < 1.29 is 126 Å². The summed E-state index contributed by atoms with van der Waals surface area (Å²) < 4.78 is 68.2. The summed E-state index contributed by atoms with van der Waals surface area (Å²) in [7, 11) is -10.2. The van der Waals surface area contributed by atoms with Crippen molar-refractivity contribution in [2.24, 2.45) is 0 Å². The van der Waals surface area contributed by atoms with E-state index in [2.05, 4.69) is 0 Å². The van der Waals surface area contributed by atoms with E-state index < -0.39 is 30.0 Å². The van der Waals surface area contributed by atoms with E-state index in [-0.39, 0.29) is 105 Å². The van der Waals surface area contributed by atoms with Crippen LogP contribution in [0.2, 0.25) is 0 Å². The van der Waals surface area contributed by atoms with Crippen molar-refractivity contribution in [3.05, 3.63) is 48.5 Å². The van der Waals surface area contributed by atoms with Crippen LogP contribution in [0.15, 0.2) is 58.3 Å². The number of hydrogen-bond acceptors (Lipinski definition) is 6. The zero-order valence-corrected chi connectivity index (χ0v) is 31.0. The second-order valence-electron chi connectivity index (χ2n) is 4.72. The Morgan fingerprint density at radius 2 is 1.21 bits per heavy atom. The van der Waals surface area contributed by atoms with Gasteiger partial charge in [0.05, 0.1) is 9.79 Å². The Morgan fingerprint density at radius 3 is 1.71 bits per heavy atom. The predicted molar refractivity (Wildman–Crippen MR) is 77.4 cm³/mol. The van der Waals surface area contributed by atoms with Crippen LogP contribution in [0.25, 0.3) is 21.5 Å². The first kappa shape index (κ1) is 23.2. The molecule has 0 saturated carbocycles. The van der Waals surface area contributed by atoms with Gasteiger partial charge in [0.15, 0.2) is 0 Å². The van der Waals surface area contributed by atoms with Gasteiger partial charge in [-0.25, -0.2) is 16.8 Å². The SMILES string of the molecule is O=S(=O)([O-])c1ccc2cc3ccccc3cc2c1S(=O)(=O)[O-].[Fr+].[Fr+]. The molecule has 24 heavy (non-hydrogen) atoms. The summed E-state index contributed by atoms with van der Waals surface area (Å²) in [6.07, 6.45) is 0. The third-order valence-electron chi connectivity index (χ3n) is 3.32. The molecule has 10 heteroatoms. The molecular weight excluding hydrogens is 774 g/mol. The summed E-state index contributed by atoms with van der Waals surface area (Å²) in [5, 5.41) is 1.70. The minimum atomic E-state index is -5.14. The van der Waals surface area contributed by atoms with Gasteiger partial charge >= 0.3 is 99.7 Å². The molecule has 0 bridgehead atoms. The van der Waals surface area contributed by atoms with Gasteiger partial charge in [-0.05, 0) is 34.4 Å². The molecular formula is C14H8Fr2O6S2. The molecule has 3 aromatic rings. The first-order valence-corrected chi connectivity index (χ1v) is 8.87. The Hall–Kier alpha value is 1.19. The van der Waals surface area contributed by atoms with Crippen molar-refractivity contribution >= 4 is 41.8 Å². The Kier molecular flexibility index (Phi) is 8.20. The van der Waals surface area contributed by atoms with E-state index in [0.29, 0.717) is 10.8 Å². The fourth-order valence-corrected chi connectivity index (χ4v) is 4.37. The Balaban J connectivity index is 0.00000144. The smallest absolute Gasteiger partial charge is 0.744 e. The van der Waals surface area contributed by atoms with E-state index in [4.69, 9.17) is 0 Å². The van der Waals surface area contributed by atoms with Gasteiger partial charge in [0.25, 0.3) is 0 Å². The van der Waals surface area contributed by atoms with E-state index in [9.17, 15) is 25.9 Å². The van der Waals surface area contributed by atoms with E-state index in [0.717, 1.165) is 11.5 Å². The van der Waals surface area contributed by atoms with Gasteiger partial charge in [0.1, 0.15) is 20.2 Å². The van der Waals surface area contributed by atoms with Gasteiger partial charge in [0, 0.05) is 5.39 Å². The number of benzene rings is 3. The minimum Gasteiger partial charge on any atom is -0.744 e. The third kappa shape index (κ3) is 4.72. The molecule has 0 N–H and O–H groups in total. The van der Waals surface area contributed by atoms with Gasteiger partial charge < -0.3 is 9.11 Å². The zero-order chi connectivity index (χ0) is 16.1. The van der Waals surface area contributed by atoms with Crippen LogP contribution in [0.5, 0.6) is 0 Å². The Bertz CT molecular complexity index is 1120. The molecule has 114 valence electrons. The minimum absolute atomic E-state index is 0. The monoisotopic (exact) mass is 782 g/mol. The normalized spacial score (nSPS) is 11.8. The van der Waals surface area contributed by atoms with Crippen molar-refractivity contribution in [2.45, 2.75) is 9.79 Å². The molecule has 0 aliphatic heterocycles. The van der Waals surface area contributed by atoms with Gasteiger partial charge in [-0.2, -0.15) is 0 Å². The molecule has 0 atom stereocenters. The summed E-state index contributed by atoms with van der Waals surface area (Å²) in [5.74, 6) is 0. The van der Waals surface area contributed by atoms with Crippen LogP contribution in [0.1, 0.15) is 0 Å². The molecule has 0 aliphatic rings. The first-order valence-electron chi connectivity index (χ1n) is 6.05. The summed E-state index contributed by atoms with van der Waals surface area (Å²) >= 11 is 0. The van der Waals surface area contributed by atoms with Crippen molar-refractivity contribution in [1.29, 1.82) is 0 Å². The third-order valence-corrected chi connectivity index (χ3v) is 5.27. The molecule has 0 heterocycles. The van der Waals surface area contributed by atoms with Crippen molar-refractivity contribution in [3.63, 3.8) is 0 Å². The molecule has 0 spiro atoms. The predicted octanol–water partition coefficient (Wildman–Crippen LogP) is 1.80. The largest absolute Gasteiger partial charge is 1.00 e. The van der Waals surface area contributed by atoms with Crippen LogP contribution in [0.3, 0.4) is 0 Å². The number of rotatable bonds is 2. The average Bonchev–Trinajstić information content (AvgIpc) is 2.41. The summed E-state index contributed by atoms with van der Waals surface area (Å²) in [4.78, 5) is -2.02. The van der Waals surface area contributed by atoms with Crippen LogP contribution in [0.4, 0.5) is 0 Å². The van der Waals surface area contributed by atoms with E-state index in [1.165, 1.54) is 12.1 Å². The summed E-state index contributed by atoms with van der Waals surface area (Å²) in [6.45, 7) is 0. The van der Waals surface area contributed by atoms with Crippen LogP contribution < -0.4 is 0 Å². The maximum Gasteiger partial charge on any atom is 1.00 e. The molecule has 0 unspecified atom stereocenters. The molecule has 0 aliphatic carbocycles. The molecule has 3 rings (SSSR count). The summed E-state index contributed by atoms with van der Waals surface area (Å²) in [5.41, 5.74) is 0. The van der Waals surface area contributed by atoms with Crippen molar-refractivity contribution in [3.8, 4) is 0 Å². The zero-order valence-electron chi connectivity index (χ0n) is 12.9. The standard InChI is InChI=1S/C14H10O6S2.2Fr/c15-21(16,17)13-6-5-11-7-9-3-1-2-4-10(9)8-12(11)14(13)22(18,19)20;;/h1-8H,(H,15,16,17)(H,18,19,20);;/q;2*+1/p-2. The van der Waals surface area contributed by atoms with Gasteiger partial charge in [-0.15, -0.1) is 0 Å². The molecule has 0 amide bonds.